The third-order valence-corrected chi connectivity index (χ3v) is 19.3. The molecule has 2 aliphatic rings. The predicted octanol–water partition coefficient (Wildman–Crippen LogP) is 7.39. The molecule has 2 aromatic carbocycles. The first-order valence-electron chi connectivity index (χ1n) is 31.4. The smallest absolute Gasteiger partial charge is 0.311 e. The number of ether oxygens (including phenoxy) is 2. The van der Waals surface area contributed by atoms with Crippen LogP contribution in [0.15, 0.2) is 60.9 Å². The number of nitrogens with two attached hydrogens (primary N) is 1. The molecule has 0 radical (unpaired) electrons. The number of cyclic esters (lactones) is 2. The monoisotopic (exact) mass is 1310 g/mol. The number of nitrogens with zero attached hydrogens (tertiary/aromatic N) is 4. The maximum Gasteiger partial charge on any atom is 0.311 e. The molecule has 20 atom stereocenters. The number of carbonyl (C=O) groups is 2. The first-order chi connectivity index (χ1) is 41.4. The number of benzene rings is 2. The van der Waals surface area contributed by atoms with Crippen LogP contribution < -0.4 is 11.1 Å². The van der Waals surface area contributed by atoms with Crippen LogP contribution in [0.3, 0.4) is 0 Å². The van der Waals surface area contributed by atoms with Crippen molar-refractivity contribution in [3.63, 3.8) is 0 Å². The van der Waals surface area contributed by atoms with Crippen molar-refractivity contribution in [2.45, 2.75) is 219 Å². The van der Waals surface area contributed by atoms with E-state index in [9.17, 15) is 60.7 Å². The van der Waals surface area contributed by atoms with Crippen LogP contribution in [-0.4, -0.2) is 205 Å². The van der Waals surface area contributed by atoms with Gasteiger partial charge in [0.15, 0.2) is 0 Å². The summed E-state index contributed by atoms with van der Waals surface area (Å²) in [4.78, 5) is 38.5. The molecule has 4 heterocycles. The number of aliphatic hydroxyl groups excluding tert-OH is 6. The topological polar surface area (TPSA) is 325 Å². The number of anilines is 1. The number of hydrogen-bond donors (Lipinski definition) is 12. The second-order valence-corrected chi connectivity index (χ2v) is 27.7. The molecule has 0 aliphatic carbocycles. The first kappa shape index (κ1) is 77.8. The fourth-order valence-corrected chi connectivity index (χ4v) is 13.4. The lowest BCUT2D eigenvalue weighted by Gasteiger charge is -2.43. The molecule has 2 saturated heterocycles. The molecule has 2 aromatic heterocycles. The van der Waals surface area contributed by atoms with Gasteiger partial charge < -0.3 is 71.6 Å². The van der Waals surface area contributed by atoms with Crippen molar-refractivity contribution >= 4 is 74.2 Å². The molecule has 13 N–H and O–H groups in total. The lowest BCUT2D eigenvalue weighted by molar-refractivity contribution is -0.194. The zero-order valence-electron chi connectivity index (χ0n) is 54.6. The molecule has 4 aromatic rings. The predicted molar refractivity (Wildman–Crippen MR) is 350 cm³/mol. The van der Waals surface area contributed by atoms with Gasteiger partial charge in [0.25, 0.3) is 0 Å². The highest BCUT2D eigenvalue weighted by molar-refractivity contribution is 6.36. The highest BCUT2D eigenvalue weighted by Crippen LogP contribution is 2.36. The van der Waals surface area contributed by atoms with Gasteiger partial charge in [-0.25, -0.2) is 0 Å². The van der Waals surface area contributed by atoms with Gasteiger partial charge in [0.05, 0.1) is 63.5 Å². The standard InChI is InChI=1S/C33H52ClN3O7.C24H48N2O7.C9H5Cl2N/c1-8-27-33(7,43)30(40)22(5)37(15-9-13-35-25-12-14-36-26-16-23(34)10-11-24(25)26)18-19(2)17-32(6,42)29(39)20(3)28(38)21(4)31(41)44-27;1-8-18-24(7,32)21(29)17(5)26(11-9-10-25)13-14(2)12-23(6,31)20(28)15(3)19(27)16(4)22(30)33-18;10-6-1-2-7-8(11)3-4-12-9(7)5-6/h10-12,14,16,19-22,27-30,38-40,42-43H,8-9,13,15,17-18H2,1-7H3,(H,35,36);14-21,27-29,31-32H,8-13,25H2,1-7H3;1-5H/t19-,20+,21-,22-,27-,28+,29-,30-,32-,33-;14-,15+,16-,17-,18-,19+,20-,21-,23-,24-;/m11./s1. The number of carbonyl (C=O) groups excluding carboxylic acids is 2. The largest absolute Gasteiger partial charge is 0.459 e. The quantitative estimate of drug-likeness (QED) is 0.0544. The molecule has 504 valence electrons. The minimum absolute atomic E-state index is 0.0845. The fraction of sp³-hybridized carbons (Fsp3) is 0.697. The number of rotatable bonds is 10. The summed E-state index contributed by atoms with van der Waals surface area (Å²) in [6.45, 7) is 26.3. The molecule has 2 aliphatic heterocycles. The Labute approximate surface area is 542 Å². The van der Waals surface area contributed by atoms with Crippen molar-refractivity contribution in [1.29, 1.82) is 0 Å². The van der Waals surface area contributed by atoms with Crippen LogP contribution in [0.5, 0.6) is 0 Å². The average molecular weight is 1310 g/mol. The van der Waals surface area contributed by atoms with Gasteiger partial charge in [-0.05, 0) is 167 Å². The van der Waals surface area contributed by atoms with Gasteiger partial charge in [-0.1, -0.05) is 76.3 Å². The second kappa shape index (κ2) is 34.0. The number of pyridine rings is 2. The fourth-order valence-electron chi connectivity index (χ4n) is 12.8. The van der Waals surface area contributed by atoms with Crippen molar-refractivity contribution in [3.05, 3.63) is 76.0 Å². The summed E-state index contributed by atoms with van der Waals surface area (Å²) in [5.74, 6) is -5.39. The Morgan fingerprint density at radius 1 is 0.584 bits per heavy atom. The van der Waals surface area contributed by atoms with Crippen molar-refractivity contribution < 1.29 is 70.1 Å². The van der Waals surface area contributed by atoms with E-state index in [-0.39, 0.29) is 37.5 Å². The minimum Gasteiger partial charge on any atom is -0.459 e. The van der Waals surface area contributed by atoms with Crippen molar-refractivity contribution in [1.82, 2.24) is 19.8 Å². The number of aliphatic hydroxyl groups is 10. The van der Waals surface area contributed by atoms with E-state index in [0.717, 1.165) is 27.5 Å². The second-order valence-electron chi connectivity index (χ2n) is 26.4. The van der Waals surface area contributed by atoms with E-state index in [1.165, 1.54) is 41.5 Å². The maximum atomic E-state index is 13.1. The van der Waals surface area contributed by atoms with Gasteiger partial charge in [-0.2, -0.15) is 0 Å². The number of esters is 2. The third-order valence-electron chi connectivity index (χ3n) is 18.5. The summed E-state index contributed by atoms with van der Waals surface area (Å²) in [6, 6.07) is 13.7. The van der Waals surface area contributed by atoms with E-state index < -0.39 is 119 Å². The third kappa shape index (κ3) is 20.4. The number of hydrogen-bond acceptors (Lipinski definition) is 20. The Hall–Kier alpha value is -3.65. The normalized spacial score (nSPS) is 36.4. The number of nitrogens with one attached hydrogen (secondary N) is 1. The molecule has 0 bridgehead atoms. The highest BCUT2D eigenvalue weighted by atomic mass is 35.5. The Morgan fingerprint density at radius 3 is 1.39 bits per heavy atom. The molecule has 0 amide bonds. The SMILES string of the molecule is CC[C@H]1OC(=O)[C@H](C)[C@@H](O)[C@H](C)[C@@H](O)[C@](C)(O)C[C@@H](C)CN(CCCN)[C@H](C)[C@@H](O)[C@]1(C)O.CC[C@H]1OC(=O)[C@H](C)[C@@H](O)[C@H](C)[C@@H](O)[C@](C)(O)C[C@@H](C)CN(CCCNc2ccnc3cc(Cl)ccc23)[C@H](C)[C@@H](O)[C@]1(C)O.Clc1ccc2c(Cl)ccnc2c1. The number of fused-ring (bicyclic) bond motifs is 2. The summed E-state index contributed by atoms with van der Waals surface area (Å²) in [5.41, 5.74) is 1.66. The van der Waals surface area contributed by atoms with Crippen LogP contribution in [0.25, 0.3) is 21.8 Å². The van der Waals surface area contributed by atoms with Gasteiger partial charge in [-0.3, -0.25) is 29.4 Å². The van der Waals surface area contributed by atoms with Gasteiger partial charge >= 0.3 is 11.9 Å². The molecule has 89 heavy (non-hydrogen) atoms. The van der Waals surface area contributed by atoms with E-state index in [1.807, 2.05) is 56.0 Å². The Balaban J connectivity index is 0.000000328. The summed E-state index contributed by atoms with van der Waals surface area (Å²) in [5, 5.41) is 119. The van der Waals surface area contributed by atoms with Crippen LogP contribution in [0, 0.1) is 35.5 Å². The van der Waals surface area contributed by atoms with Crippen LogP contribution in [0.2, 0.25) is 15.1 Å². The molecular weight excluding hydrogens is 1210 g/mol. The first-order valence-corrected chi connectivity index (χ1v) is 32.6. The number of aromatic nitrogens is 2. The van der Waals surface area contributed by atoms with Crippen LogP contribution in [0.4, 0.5) is 5.69 Å². The van der Waals surface area contributed by atoms with E-state index in [2.05, 4.69) is 20.2 Å². The van der Waals surface area contributed by atoms with Gasteiger partial charge in [-0.15, -0.1) is 0 Å². The van der Waals surface area contributed by atoms with Crippen LogP contribution in [0.1, 0.15) is 135 Å². The van der Waals surface area contributed by atoms with E-state index in [1.54, 1.807) is 65.2 Å². The zero-order chi connectivity index (χ0) is 67.3. The maximum absolute atomic E-state index is 13.1. The number of halogens is 3. The molecule has 23 heteroatoms. The molecular formula is C66H105Cl3N6O14. The van der Waals surface area contributed by atoms with Gasteiger partial charge in [0.1, 0.15) is 35.6 Å². The lowest BCUT2D eigenvalue weighted by Crippen LogP contribution is -2.59. The van der Waals surface area contributed by atoms with Crippen LogP contribution in [-0.2, 0) is 19.1 Å². The molecule has 20 nitrogen and oxygen atoms in total. The van der Waals surface area contributed by atoms with Gasteiger partial charge in [0, 0.05) is 89.0 Å². The van der Waals surface area contributed by atoms with E-state index in [4.69, 9.17) is 50.0 Å². The molecule has 0 spiro atoms. The molecule has 0 saturated carbocycles. The van der Waals surface area contributed by atoms with E-state index >= 15 is 0 Å². The molecule has 6 rings (SSSR count). The van der Waals surface area contributed by atoms with Gasteiger partial charge in [0.2, 0.25) is 0 Å². The Morgan fingerprint density at radius 2 is 0.978 bits per heavy atom. The van der Waals surface area contributed by atoms with Crippen molar-refractivity contribution in [3.8, 4) is 0 Å². The summed E-state index contributed by atoms with van der Waals surface area (Å²) < 4.78 is 11.3. The van der Waals surface area contributed by atoms with Crippen LogP contribution >= 0.6 is 34.8 Å². The molecule has 0 unspecified atom stereocenters. The van der Waals surface area contributed by atoms with E-state index in [0.29, 0.717) is 67.2 Å². The lowest BCUT2D eigenvalue weighted by atomic mass is 9.78. The summed E-state index contributed by atoms with van der Waals surface area (Å²) in [6.07, 6.45) is -4.01. The summed E-state index contributed by atoms with van der Waals surface area (Å²) >= 11 is 17.8. The molecule has 2 fully saturated rings. The highest BCUT2D eigenvalue weighted by Gasteiger charge is 2.50. The Kier molecular flexibility index (Phi) is 29.7. The zero-order valence-corrected chi connectivity index (χ0v) is 56.9. The summed E-state index contributed by atoms with van der Waals surface area (Å²) in [7, 11) is 0. The van der Waals surface area contributed by atoms with Crippen molar-refractivity contribution in [2.24, 2.45) is 41.2 Å². The van der Waals surface area contributed by atoms with Crippen molar-refractivity contribution in [2.75, 3.05) is 44.6 Å². The Bertz CT molecular complexity index is 2860. The average Bonchev–Trinajstić information content (AvgIpc) is 2.33. The minimum atomic E-state index is -1.79.